The lowest BCUT2D eigenvalue weighted by Gasteiger charge is -2.18. The molecule has 1 fully saturated rings. The Hall–Kier alpha value is -1.84. The van der Waals surface area contributed by atoms with Gasteiger partial charge in [0.15, 0.2) is 0 Å². The van der Waals surface area contributed by atoms with E-state index in [1.807, 2.05) is 39.8 Å². The number of nitrogens with one attached hydrogen (secondary N) is 1. The lowest BCUT2D eigenvalue weighted by atomic mass is 10.1. The van der Waals surface area contributed by atoms with Gasteiger partial charge in [0.05, 0.1) is 11.8 Å². The number of hydrogen-bond donors (Lipinski definition) is 1. The lowest BCUT2D eigenvalue weighted by molar-refractivity contribution is -0.133. The lowest BCUT2D eigenvalue weighted by Crippen LogP contribution is -2.33. The smallest absolute Gasteiger partial charge is 0.228 e. The molecule has 114 valence electrons. The zero-order valence-electron chi connectivity index (χ0n) is 13.3. The van der Waals surface area contributed by atoms with E-state index >= 15 is 0 Å². The predicted molar refractivity (Wildman–Crippen MR) is 84.1 cm³/mol. The third-order valence-corrected chi connectivity index (χ3v) is 4.01. The minimum Gasteiger partial charge on any atom is -0.343 e. The zero-order valence-corrected chi connectivity index (χ0v) is 13.3. The molecule has 0 spiro atoms. The molecule has 2 amide bonds. The minimum absolute atomic E-state index is 0.0366. The largest absolute Gasteiger partial charge is 0.343 e. The molecule has 1 aromatic rings. The Morgan fingerprint density at radius 2 is 1.67 bits per heavy atom. The highest BCUT2D eigenvalue weighted by Gasteiger charge is 2.49. The van der Waals surface area contributed by atoms with Crippen LogP contribution in [0, 0.1) is 25.7 Å². The summed E-state index contributed by atoms with van der Waals surface area (Å²) in [5.74, 6) is -0.221. The summed E-state index contributed by atoms with van der Waals surface area (Å²) in [6.45, 7) is 9.36. The summed E-state index contributed by atoms with van der Waals surface area (Å²) in [4.78, 5) is 26.2. The van der Waals surface area contributed by atoms with Crippen LogP contribution in [-0.4, -0.2) is 29.8 Å². The van der Waals surface area contributed by atoms with E-state index in [4.69, 9.17) is 0 Å². The summed E-state index contributed by atoms with van der Waals surface area (Å²) in [5.41, 5.74) is 3.06. The van der Waals surface area contributed by atoms with Gasteiger partial charge < -0.3 is 10.2 Å². The third kappa shape index (κ3) is 3.63. The molecular weight excluding hydrogens is 264 g/mol. The summed E-state index contributed by atoms with van der Waals surface area (Å²) in [5, 5.41) is 2.94. The maximum atomic E-state index is 12.2. The monoisotopic (exact) mass is 288 g/mol. The summed E-state index contributed by atoms with van der Waals surface area (Å²) in [6, 6.07) is 5.97. The molecule has 2 atom stereocenters. The number of amides is 2. The first-order valence-corrected chi connectivity index (χ1v) is 7.64. The number of nitrogens with zero attached hydrogens (tertiary/aromatic N) is 1. The molecule has 1 aliphatic carbocycles. The first kappa shape index (κ1) is 15.5. The van der Waals surface area contributed by atoms with Crippen LogP contribution in [0.3, 0.4) is 0 Å². The van der Waals surface area contributed by atoms with Gasteiger partial charge in [-0.1, -0.05) is 6.07 Å². The highest BCUT2D eigenvalue weighted by Crippen LogP contribution is 2.40. The molecule has 0 bridgehead atoms. The summed E-state index contributed by atoms with van der Waals surface area (Å²) in [6.07, 6.45) is 0.673. The van der Waals surface area contributed by atoms with Crippen LogP contribution in [0.2, 0.25) is 0 Å². The molecule has 2 unspecified atom stereocenters. The quantitative estimate of drug-likeness (QED) is 0.905. The Kier molecular flexibility index (Phi) is 4.66. The van der Waals surface area contributed by atoms with Gasteiger partial charge in [-0.05, 0) is 57.4 Å². The van der Waals surface area contributed by atoms with Crippen molar-refractivity contribution in [2.45, 2.75) is 34.1 Å². The van der Waals surface area contributed by atoms with Crippen LogP contribution in [0.1, 0.15) is 31.4 Å². The molecule has 0 radical (unpaired) electrons. The maximum Gasteiger partial charge on any atom is 0.228 e. The van der Waals surface area contributed by atoms with E-state index in [0.29, 0.717) is 19.5 Å². The van der Waals surface area contributed by atoms with E-state index in [1.54, 1.807) is 4.90 Å². The number of carbonyl (C=O) groups excluding carboxylic acids is 2. The van der Waals surface area contributed by atoms with Crippen molar-refractivity contribution in [3.05, 3.63) is 29.3 Å². The van der Waals surface area contributed by atoms with Gasteiger partial charge in [-0.25, -0.2) is 0 Å². The van der Waals surface area contributed by atoms with E-state index in [-0.39, 0.29) is 23.7 Å². The molecular formula is C17H24N2O2. The van der Waals surface area contributed by atoms with Crippen molar-refractivity contribution >= 4 is 17.5 Å². The van der Waals surface area contributed by atoms with E-state index in [9.17, 15) is 9.59 Å². The molecule has 21 heavy (non-hydrogen) atoms. The molecule has 1 saturated carbocycles. The van der Waals surface area contributed by atoms with Crippen LogP contribution < -0.4 is 5.32 Å². The number of hydrogen-bond acceptors (Lipinski definition) is 2. The molecule has 1 aromatic carbocycles. The van der Waals surface area contributed by atoms with Crippen molar-refractivity contribution in [2.75, 3.05) is 18.4 Å². The van der Waals surface area contributed by atoms with Gasteiger partial charge in [0, 0.05) is 18.8 Å². The van der Waals surface area contributed by atoms with Gasteiger partial charge in [-0.15, -0.1) is 0 Å². The normalized spacial score (nSPS) is 20.0. The van der Waals surface area contributed by atoms with E-state index in [2.05, 4.69) is 11.4 Å². The molecule has 0 saturated heterocycles. The number of carbonyl (C=O) groups is 2. The Balaban J connectivity index is 1.95. The third-order valence-electron chi connectivity index (χ3n) is 4.01. The van der Waals surface area contributed by atoms with E-state index < -0.39 is 0 Å². The second-order valence-electron chi connectivity index (χ2n) is 5.82. The van der Waals surface area contributed by atoms with Gasteiger partial charge in [0.2, 0.25) is 11.8 Å². The predicted octanol–water partition coefficient (Wildman–Crippen LogP) is 2.75. The topological polar surface area (TPSA) is 49.4 Å². The van der Waals surface area contributed by atoms with Gasteiger partial charge in [-0.3, -0.25) is 9.59 Å². The first-order chi connectivity index (χ1) is 9.96. The fourth-order valence-electron chi connectivity index (χ4n) is 2.81. The second kappa shape index (κ2) is 6.29. The summed E-state index contributed by atoms with van der Waals surface area (Å²) < 4.78 is 0. The summed E-state index contributed by atoms with van der Waals surface area (Å²) >= 11 is 0. The van der Waals surface area contributed by atoms with Crippen molar-refractivity contribution in [3.8, 4) is 0 Å². The van der Waals surface area contributed by atoms with Crippen LogP contribution in [0.5, 0.6) is 0 Å². The van der Waals surface area contributed by atoms with Gasteiger partial charge in [-0.2, -0.15) is 0 Å². The SMILES string of the molecule is CCN(CC)C(=O)C1CC1C(=O)Nc1cc(C)cc(C)c1. The minimum atomic E-state index is -0.168. The maximum absolute atomic E-state index is 12.2. The molecule has 2 rings (SSSR count). The first-order valence-electron chi connectivity index (χ1n) is 7.64. The molecule has 4 heteroatoms. The number of benzene rings is 1. The summed E-state index contributed by atoms with van der Waals surface area (Å²) in [7, 11) is 0. The number of rotatable bonds is 5. The molecule has 0 aromatic heterocycles. The van der Waals surface area contributed by atoms with Crippen LogP contribution in [0.25, 0.3) is 0 Å². The number of aryl methyl sites for hydroxylation is 2. The average molecular weight is 288 g/mol. The Morgan fingerprint density at radius 3 is 2.19 bits per heavy atom. The highest BCUT2D eigenvalue weighted by molar-refractivity contribution is 5.99. The van der Waals surface area contributed by atoms with Crippen LogP contribution in [0.15, 0.2) is 18.2 Å². The Bertz CT molecular complexity index is 529. The van der Waals surface area contributed by atoms with Crippen molar-refractivity contribution in [2.24, 2.45) is 11.8 Å². The van der Waals surface area contributed by atoms with E-state index in [0.717, 1.165) is 16.8 Å². The fraction of sp³-hybridized carbons (Fsp3) is 0.529. The molecule has 0 heterocycles. The fourth-order valence-corrected chi connectivity index (χ4v) is 2.81. The molecule has 1 N–H and O–H groups in total. The van der Waals surface area contributed by atoms with Crippen molar-refractivity contribution < 1.29 is 9.59 Å². The van der Waals surface area contributed by atoms with Crippen molar-refractivity contribution in [1.29, 1.82) is 0 Å². The van der Waals surface area contributed by atoms with Crippen LogP contribution in [-0.2, 0) is 9.59 Å². The van der Waals surface area contributed by atoms with Crippen LogP contribution >= 0.6 is 0 Å². The van der Waals surface area contributed by atoms with Gasteiger partial charge >= 0.3 is 0 Å². The van der Waals surface area contributed by atoms with Crippen LogP contribution in [0.4, 0.5) is 5.69 Å². The average Bonchev–Trinajstić information content (AvgIpc) is 3.18. The number of anilines is 1. The highest BCUT2D eigenvalue weighted by atomic mass is 16.2. The van der Waals surface area contributed by atoms with Crippen molar-refractivity contribution in [3.63, 3.8) is 0 Å². The molecule has 1 aliphatic rings. The molecule has 0 aliphatic heterocycles. The standard InChI is InChI=1S/C17H24N2O2/c1-5-19(6-2)17(21)15-10-14(15)16(20)18-13-8-11(3)7-12(4)9-13/h7-9,14-15H,5-6,10H2,1-4H3,(H,18,20). The second-order valence-corrected chi connectivity index (χ2v) is 5.82. The van der Waals surface area contributed by atoms with Gasteiger partial charge in [0.1, 0.15) is 0 Å². The van der Waals surface area contributed by atoms with E-state index in [1.165, 1.54) is 0 Å². The Labute approximate surface area is 126 Å². The van der Waals surface area contributed by atoms with Gasteiger partial charge in [0.25, 0.3) is 0 Å². The van der Waals surface area contributed by atoms with Crippen molar-refractivity contribution in [1.82, 2.24) is 4.90 Å². The molecule has 4 nitrogen and oxygen atoms in total. The Morgan fingerprint density at radius 1 is 1.10 bits per heavy atom. The zero-order chi connectivity index (χ0) is 15.6.